The Hall–Kier alpha value is -1.78. The summed E-state index contributed by atoms with van der Waals surface area (Å²) in [6.45, 7) is 3.23. The summed E-state index contributed by atoms with van der Waals surface area (Å²) < 4.78 is 0. The first kappa shape index (κ1) is 10.3. The summed E-state index contributed by atoms with van der Waals surface area (Å²) in [7, 11) is 0. The Bertz CT molecular complexity index is 331. The van der Waals surface area contributed by atoms with Crippen LogP contribution >= 0.6 is 0 Å². The van der Waals surface area contributed by atoms with Gasteiger partial charge in [-0.3, -0.25) is 0 Å². The lowest BCUT2D eigenvalue weighted by Gasteiger charge is -2.19. The van der Waals surface area contributed by atoms with Crippen LogP contribution in [0.15, 0.2) is 22.5 Å². The maximum Gasteiger partial charge on any atom is 0.333 e. The smallest absolute Gasteiger partial charge is 0.333 e. The van der Waals surface area contributed by atoms with E-state index in [2.05, 4.69) is 5.32 Å². The zero-order valence-electron chi connectivity index (χ0n) is 7.92. The van der Waals surface area contributed by atoms with Crippen molar-refractivity contribution >= 4 is 11.9 Å². The highest BCUT2D eigenvalue weighted by Gasteiger charge is 2.24. The van der Waals surface area contributed by atoms with Gasteiger partial charge in [0.25, 0.3) is 0 Å². The molecule has 1 heterocycles. The number of aliphatic carboxylic acids is 2. The third-order valence-electron chi connectivity index (χ3n) is 2.15. The van der Waals surface area contributed by atoms with Crippen molar-refractivity contribution in [3.8, 4) is 0 Å². The number of nitrogens with one attached hydrogen (secondary N) is 1. The van der Waals surface area contributed by atoms with E-state index >= 15 is 0 Å². The largest absolute Gasteiger partial charge is 0.478 e. The van der Waals surface area contributed by atoms with Gasteiger partial charge in [0.05, 0.1) is 11.1 Å². The quantitative estimate of drug-likeness (QED) is 0.606. The molecule has 3 N–H and O–H groups in total. The Morgan fingerprint density at radius 1 is 1.07 bits per heavy atom. The van der Waals surface area contributed by atoms with Crippen molar-refractivity contribution in [1.82, 2.24) is 5.32 Å². The molecule has 0 bridgehead atoms. The molecule has 5 heteroatoms. The predicted octanol–water partition coefficient (Wildman–Crippen LogP) is 0.697. The number of rotatable bonds is 2. The number of hydrogen-bond acceptors (Lipinski definition) is 3. The average Bonchev–Trinajstić information content (AvgIpc) is 2.02. The molecule has 0 atom stereocenters. The lowest BCUT2D eigenvalue weighted by molar-refractivity contribution is -0.133. The van der Waals surface area contributed by atoms with Gasteiger partial charge in [-0.1, -0.05) is 0 Å². The van der Waals surface area contributed by atoms with Crippen LogP contribution in [0.5, 0.6) is 0 Å². The molecule has 0 saturated heterocycles. The number of carbonyl (C=O) groups is 2. The Labute approximate surface area is 80.7 Å². The molecule has 0 aromatic carbocycles. The Morgan fingerprint density at radius 2 is 1.43 bits per heavy atom. The van der Waals surface area contributed by atoms with Crippen molar-refractivity contribution in [3.63, 3.8) is 0 Å². The van der Waals surface area contributed by atoms with Gasteiger partial charge in [0, 0.05) is 17.8 Å². The first-order valence-electron chi connectivity index (χ1n) is 4.06. The average molecular weight is 197 g/mol. The molecule has 0 fully saturated rings. The van der Waals surface area contributed by atoms with Gasteiger partial charge in [0.15, 0.2) is 0 Å². The van der Waals surface area contributed by atoms with Gasteiger partial charge < -0.3 is 15.5 Å². The van der Waals surface area contributed by atoms with Gasteiger partial charge in [-0.05, 0) is 13.8 Å². The Balaban J connectivity index is 3.03. The van der Waals surface area contributed by atoms with Gasteiger partial charge in [-0.15, -0.1) is 0 Å². The zero-order chi connectivity index (χ0) is 10.9. The van der Waals surface area contributed by atoms with Crippen molar-refractivity contribution in [2.75, 3.05) is 0 Å². The minimum Gasteiger partial charge on any atom is -0.478 e. The summed E-state index contributed by atoms with van der Waals surface area (Å²) in [5.41, 5.74) is 1.21. The SMILES string of the molecule is CC1=C(C(=O)O)CC(C(=O)O)=C(C)N1. The van der Waals surface area contributed by atoms with Gasteiger partial charge in [0.1, 0.15) is 0 Å². The summed E-state index contributed by atoms with van der Waals surface area (Å²) in [5.74, 6) is -2.16. The van der Waals surface area contributed by atoms with Crippen molar-refractivity contribution < 1.29 is 19.8 Å². The van der Waals surface area contributed by atoms with E-state index in [0.29, 0.717) is 11.4 Å². The summed E-state index contributed by atoms with van der Waals surface area (Å²) >= 11 is 0. The highest BCUT2D eigenvalue weighted by molar-refractivity contribution is 5.94. The molecule has 0 aromatic heterocycles. The van der Waals surface area contributed by atoms with Crippen LogP contribution in [0.25, 0.3) is 0 Å². The van der Waals surface area contributed by atoms with Gasteiger partial charge in [-0.25, -0.2) is 9.59 Å². The molecule has 0 unspecified atom stereocenters. The van der Waals surface area contributed by atoms with Crippen molar-refractivity contribution in [2.24, 2.45) is 0 Å². The Morgan fingerprint density at radius 3 is 1.71 bits per heavy atom. The number of carboxylic acid groups (broad SMARTS) is 2. The summed E-state index contributed by atoms with van der Waals surface area (Å²) in [5, 5.41) is 20.3. The van der Waals surface area contributed by atoms with Crippen LogP contribution in [-0.2, 0) is 9.59 Å². The van der Waals surface area contributed by atoms with E-state index < -0.39 is 11.9 Å². The predicted molar refractivity (Wildman–Crippen MR) is 48.4 cm³/mol. The fourth-order valence-electron chi connectivity index (χ4n) is 1.35. The van der Waals surface area contributed by atoms with Crippen LogP contribution in [0.2, 0.25) is 0 Å². The third kappa shape index (κ3) is 1.76. The molecule has 0 spiro atoms. The lowest BCUT2D eigenvalue weighted by atomic mass is 9.98. The van der Waals surface area contributed by atoms with Gasteiger partial charge in [-0.2, -0.15) is 0 Å². The monoisotopic (exact) mass is 197 g/mol. The normalized spacial score (nSPS) is 16.7. The van der Waals surface area contributed by atoms with E-state index in [1.807, 2.05) is 0 Å². The van der Waals surface area contributed by atoms with E-state index in [0.717, 1.165) is 0 Å². The number of allylic oxidation sites excluding steroid dienone is 2. The van der Waals surface area contributed by atoms with Gasteiger partial charge >= 0.3 is 11.9 Å². The summed E-state index contributed by atoms with van der Waals surface area (Å²) in [6.07, 6.45) is -0.0324. The van der Waals surface area contributed by atoms with E-state index in [4.69, 9.17) is 10.2 Å². The number of hydrogen-bond donors (Lipinski definition) is 3. The third-order valence-corrected chi connectivity index (χ3v) is 2.15. The second kappa shape index (κ2) is 3.53. The molecule has 1 aliphatic heterocycles. The first-order valence-corrected chi connectivity index (χ1v) is 4.06. The summed E-state index contributed by atoms with van der Waals surface area (Å²) in [4.78, 5) is 21.5. The minimum atomic E-state index is -1.08. The molecule has 0 amide bonds. The summed E-state index contributed by atoms with van der Waals surface area (Å²) in [6, 6.07) is 0. The second-order valence-electron chi connectivity index (χ2n) is 3.12. The number of dihydropyridines is 1. The van der Waals surface area contributed by atoms with Crippen molar-refractivity contribution in [3.05, 3.63) is 22.5 Å². The molecule has 0 aliphatic carbocycles. The lowest BCUT2D eigenvalue weighted by Crippen LogP contribution is -2.24. The van der Waals surface area contributed by atoms with Crippen LogP contribution in [0.1, 0.15) is 20.3 Å². The fourth-order valence-corrected chi connectivity index (χ4v) is 1.35. The molecule has 76 valence electrons. The van der Waals surface area contributed by atoms with E-state index in [1.165, 1.54) is 0 Å². The van der Waals surface area contributed by atoms with Crippen molar-refractivity contribution in [1.29, 1.82) is 0 Å². The molecular formula is C9H11NO4. The van der Waals surface area contributed by atoms with E-state index in [-0.39, 0.29) is 17.6 Å². The maximum atomic E-state index is 10.7. The van der Waals surface area contributed by atoms with Crippen LogP contribution in [-0.4, -0.2) is 22.2 Å². The standard InChI is InChI=1S/C9H11NO4/c1-4-6(8(11)12)3-7(9(13)14)5(2)10-4/h10H,3H2,1-2H3,(H,11,12)(H,13,14). The maximum absolute atomic E-state index is 10.7. The van der Waals surface area contributed by atoms with Crippen LogP contribution in [0.4, 0.5) is 0 Å². The zero-order valence-corrected chi connectivity index (χ0v) is 7.92. The topological polar surface area (TPSA) is 86.6 Å². The van der Waals surface area contributed by atoms with Crippen molar-refractivity contribution in [2.45, 2.75) is 20.3 Å². The van der Waals surface area contributed by atoms with Crippen LogP contribution in [0.3, 0.4) is 0 Å². The molecule has 1 aliphatic rings. The first-order chi connectivity index (χ1) is 6.43. The Kier molecular flexibility index (Phi) is 2.60. The molecular weight excluding hydrogens is 186 g/mol. The minimum absolute atomic E-state index is 0.0324. The fraction of sp³-hybridized carbons (Fsp3) is 0.333. The second-order valence-corrected chi connectivity index (χ2v) is 3.12. The van der Waals surface area contributed by atoms with E-state index in [1.54, 1.807) is 13.8 Å². The highest BCUT2D eigenvalue weighted by Crippen LogP contribution is 2.22. The molecule has 1 rings (SSSR count). The van der Waals surface area contributed by atoms with E-state index in [9.17, 15) is 9.59 Å². The van der Waals surface area contributed by atoms with Crippen LogP contribution in [0, 0.1) is 0 Å². The molecule has 0 radical (unpaired) electrons. The number of carboxylic acids is 2. The molecule has 0 aromatic rings. The van der Waals surface area contributed by atoms with Gasteiger partial charge in [0.2, 0.25) is 0 Å². The van der Waals surface area contributed by atoms with Crippen LogP contribution < -0.4 is 5.32 Å². The molecule has 14 heavy (non-hydrogen) atoms. The molecule has 5 nitrogen and oxygen atoms in total. The highest BCUT2D eigenvalue weighted by atomic mass is 16.4. The molecule has 0 saturated carbocycles.